The molecule has 0 atom stereocenters. The predicted octanol–water partition coefficient (Wildman–Crippen LogP) is 4.79. The Bertz CT molecular complexity index is 668. The van der Waals surface area contributed by atoms with Crippen LogP contribution in [0.5, 0.6) is 5.75 Å². The summed E-state index contributed by atoms with van der Waals surface area (Å²) in [6, 6.07) is 13.3. The molecule has 0 fully saturated rings. The molecule has 22 heavy (non-hydrogen) atoms. The van der Waals surface area contributed by atoms with Gasteiger partial charge in [-0.1, -0.05) is 49.7 Å². The largest absolute Gasteiger partial charge is 0.483 e. The third-order valence-corrected chi connectivity index (χ3v) is 3.61. The molecule has 0 unspecified atom stereocenters. The lowest BCUT2D eigenvalue weighted by Crippen LogP contribution is -2.20. The molecule has 0 heterocycles. The van der Waals surface area contributed by atoms with E-state index >= 15 is 0 Å². The molecule has 116 valence electrons. The zero-order valence-electron chi connectivity index (χ0n) is 13.0. The summed E-state index contributed by atoms with van der Waals surface area (Å²) in [4.78, 5) is 12.0. The van der Waals surface area contributed by atoms with Crippen LogP contribution >= 0.6 is 11.6 Å². The molecular weight excluding hydrogens is 298 g/mol. The fourth-order valence-corrected chi connectivity index (χ4v) is 2.42. The lowest BCUT2D eigenvalue weighted by molar-refractivity contribution is -0.118. The molecule has 1 N–H and O–H groups in total. The van der Waals surface area contributed by atoms with Crippen molar-refractivity contribution < 1.29 is 9.53 Å². The van der Waals surface area contributed by atoms with E-state index in [-0.39, 0.29) is 12.5 Å². The van der Waals surface area contributed by atoms with Gasteiger partial charge in [0.25, 0.3) is 5.91 Å². The van der Waals surface area contributed by atoms with Crippen LogP contribution < -0.4 is 10.1 Å². The number of nitrogens with one attached hydrogen (secondary N) is 1. The van der Waals surface area contributed by atoms with E-state index in [1.54, 1.807) is 6.07 Å². The van der Waals surface area contributed by atoms with Crippen LogP contribution in [0.4, 0.5) is 5.69 Å². The second kappa shape index (κ2) is 7.32. The molecule has 0 bridgehead atoms. The van der Waals surface area contributed by atoms with Gasteiger partial charge in [-0.15, -0.1) is 0 Å². The van der Waals surface area contributed by atoms with Gasteiger partial charge in [0.2, 0.25) is 0 Å². The zero-order chi connectivity index (χ0) is 16.1. The first-order valence-corrected chi connectivity index (χ1v) is 7.63. The molecule has 0 radical (unpaired) electrons. The van der Waals surface area contributed by atoms with Crippen molar-refractivity contribution in [3.05, 3.63) is 58.6 Å². The highest BCUT2D eigenvalue weighted by molar-refractivity contribution is 6.33. The van der Waals surface area contributed by atoms with Gasteiger partial charge in [0, 0.05) is 0 Å². The number of amides is 1. The highest BCUT2D eigenvalue weighted by atomic mass is 35.5. The molecule has 2 aromatic carbocycles. The summed E-state index contributed by atoms with van der Waals surface area (Å²) >= 11 is 6.10. The number of aryl methyl sites for hydroxylation is 1. The second-order valence-corrected chi connectivity index (χ2v) is 5.92. The highest BCUT2D eigenvalue weighted by Gasteiger charge is 2.10. The SMILES string of the molecule is Cc1ccc(NC(=O)COc2ccccc2C(C)C)c(Cl)c1. The van der Waals surface area contributed by atoms with Crippen LogP contribution in [0.15, 0.2) is 42.5 Å². The van der Waals surface area contributed by atoms with Crippen molar-refractivity contribution in [1.29, 1.82) is 0 Å². The van der Waals surface area contributed by atoms with Gasteiger partial charge >= 0.3 is 0 Å². The lowest BCUT2D eigenvalue weighted by Gasteiger charge is -2.14. The molecule has 2 aromatic rings. The van der Waals surface area contributed by atoms with E-state index in [0.29, 0.717) is 16.6 Å². The van der Waals surface area contributed by atoms with E-state index in [1.807, 2.05) is 43.3 Å². The van der Waals surface area contributed by atoms with E-state index in [1.165, 1.54) is 0 Å². The fourth-order valence-electron chi connectivity index (χ4n) is 2.14. The Kier molecular flexibility index (Phi) is 5.45. The van der Waals surface area contributed by atoms with Crippen molar-refractivity contribution in [3.8, 4) is 5.75 Å². The number of para-hydroxylation sites is 1. The van der Waals surface area contributed by atoms with Crippen molar-refractivity contribution in [2.75, 3.05) is 11.9 Å². The number of anilines is 1. The molecule has 1 amide bonds. The topological polar surface area (TPSA) is 38.3 Å². The van der Waals surface area contributed by atoms with E-state index in [9.17, 15) is 4.79 Å². The molecule has 0 saturated heterocycles. The predicted molar refractivity (Wildman–Crippen MR) is 90.8 cm³/mol. The first-order chi connectivity index (χ1) is 10.5. The molecular formula is C18H20ClNO2. The van der Waals surface area contributed by atoms with Gasteiger partial charge in [-0.05, 0) is 42.2 Å². The van der Waals surface area contributed by atoms with Crippen LogP contribution in [-0.2, 0) is 4.79 Å². The van der Waals surface area contributed by atoms with Crippen molar-refractivity contribution >= 4 is 23.2 Å². The van der Waals surface area contributed by atoms with Gasteiger partial charge < -0.3 is 10.1 Å². The maximum atomic E-state index is 12.0. The number of hydrogen-bond acceptors (Lipinski definition) is 2. The minimum absolute atomic E-state index is 0.0477. The van der Waals surface area contributed by atoms with Gasteiger partial charge in [-0.2, -0.15) is 0 Å². The van der Waals surface area contributed by atoms with E-state index < -0.39 is 0 Å². The molecule has 0 aliphatic carbocycles. The monoisotopic (exact) mass is 317 g/mol. The Labute approximate surface area is 136 Å². The molecule has 3 nitrogen and oxygen atoms in total. The van der Waals surface area contributed by atoms with E-state index in [2.05, 4.69) is 19.2 Å². The Morgan fingerprint density at radius 1 is 1.23 bits per heavy atom. The average Bonchev–Trinajstić information content (AvgIpc) is 2.48. The van der Waals surface area contributed by atoms with Crippen molar-refractivity contribution in [2.24, 2.45) is 0 Å². The van der Waals surface area contributed by atoms with Crippen LogP contribution in [0.3, 0.4) is 0 Å². The molecule has 0 saturated carbocycles. The van der Waals surface area contributed by atoms with Gasteiger partial charge in [0.1, 0.15) is 5.75 Å². The second-order valence-electron chi connectivity index (χ2n) is 5.51. The first kappa shape index (κ1) is 16.4. The molecule has 2 rings (SSSR count). The highest BCUT2D eigenvalue weighted by Crippen LogP contribution is 2.26. The Morgan fingerprint density at radius 3 is 2.64 bits per heavy atom. The van der Waals surface area contributed by atoms with Gasteiger partial charge in [-0.3, -0.25) is 4.79 Å². The Morgan fingerprint density at radius 2 is 1.95 bits per heavy atom. The molecule has 0 spiro atoms. The van der Waals surface area contributed by atoms with Crippen LogP contribution in [0, 0.1) is 6.92 Å². The number of hydrogen-bond donors (Lipinski definition) is 1. The minimum atomic E-state index is -0.232. The quantitative estimate of drug-likeness (QED) is 0.861. The van der Waals surface area contributed by atoms with Crippen molar-refractivity contribution in [2.45, 2.75) is 26.7 Å². The number of benzene rings is 2. The molecule has 0 aliphatic heterocycles. The third-order valence-electron chi connectivity index (χ3n) is 3.30. The van der Waals surface area contributed by atoms with Gasteiger partial charge in [0.05, 0.1) is 10.7 Å². The molecule has 4 heteroatoms. The summed E-state index contributed by atoms with van der Waals surface area (Å²) in [6.45, 7) is 6.08. The fraction of sp³-hybridized carbons (Fsp3) is 0.278. The van der Waals surface area contributed by atoms with Gasteiger partial charge in [-0.25, -0.2) is 0 Å². The Hall–Kier alpha value is -2.00. The van der Waals surface area contributed by atoms with Crippen molar-refractivity contribution in [3.63, 3.8) is 0 Å². The van der Waals surface area contributed by atoms with Crippen LogP contribution in [-0.4, -0.2) is 12.5 Å². The number of halogens is 1. The summed E-state index contributed by atoms with van der Waals surface area (Å²) in [7, 11) is 0. The number of carbonyl (C=O) groups is 1. The average molecular weight is 318 g/mol. The van der Waals surface area contributed by atoms with Gasteiger partial charge in [0.15, 0.2) is 6.61 Å². The van der Waals surface area contributed by atoms with Crippen molar-refractivity contribution in [1.82, 2.24) is 0 Å². The van der Waals surface area contributed by atoms with E-state index in [4.69, 9.17) is 16.3 Å². The normalized spacial score (nSPS) is 10.6. The third kappa shape index (κ3) is 4.25. The zero-order valence-corrected chi connectivity index (χ0v) is 13.8. The number of carbonyl (C=O) groups excluding carboxylic acids is 1. The maximum absolute atomic E-state index is 12.0. The minimum Gasteiger partial charge on any atom is -0.483 e. The van der Waals surface area contributed by atoms with Crippen LogP contribution in [0.1, 0.15) is 30.9 Å². The maximum Gasteiger partial charge on any atom is 0.262 e. The van der Waals surface area contributed by atoms with E-state index in [0.717, 1.165) is 16.9 Å². The summed E-state index contributed by atoms with van der Waals surface area (Å²) < 4.78 is 5.64. The molecule has 0 aliphatic rings. The smallest absolute Gasteiger partial charge is 0.262 e. The lowest BCUT2D eigenvalue weighted by atomic mass is 10.0. The van der Waals surface area contributed by atoms with Crippen LogP contribution in [0.25, 0.3) is 0 Å². The summed E-state index contributed by atoms with van der Waals surface area (Å²) in [5.74, 6) is 0.845. The summed E-state index contributed by atoms with van der Waals surface area (Å²) in [5.41, 5.74) is 2.73. The molecule has 0 aromatic heterocycles. The first-order valence-electron chi connectivity index (χ1n) is 7.25. The summed E-state index contributed by atoms with van der Waals surface area (Å²) in [5, 5.41) is 3.28. The Balaban J connectivity index is 1.99. The standard InChI is InChI=1S/C18H20ClNO2/c1-12(2)14-6-4-5-7-17(14)22-11-18(21)20-16-9-8-13(3)10-15(16)19/h4-10,12H,11H2,1-3H3,(H,20,21). The summed E-state index contributed by atoms with van der Waals surface area (Å²) in [6.07, 6.45) is 0. The van der Waals surface area contributed by atoms with Crippen LogP contribution in [0.2, 0.25) is 5.02 Å². The number of rotatable bonds is 5. The number of ether oxygens (including phenoxy) is 1.